The van der Waals surface area contributed by atoms with Gasteiger partial charge in [-0.05, 0) is 43.0 Å². The van der Waals surface area contributed by atoms with E-state index >= 15 is 0 Å². The van der Waals surface area contributed by atoms with Crippen molar-refractivity contribution in [1.29, 1.82) is 0 Å². The first-order valence-electron chi connectivity index (χ1n) is 7.89. The normalized spacial score (nSPS) is 17.3. The third-order valence-corrected chi connectivity index (χ3v) is 4.17. The molecule has 0 bridgehead atoms. The largest absolute Gasteiger partial charge is 0.508 e. The van der Waals surface area contributed by atoms with Gasteiger partial charge in [-0.25, -0.2) is 0 Å². The van der Waals surface area contributed by atoms with Gasteiger partial charge < -0.3 is 14.9 Å². The van der Waals surface area contributed by atoms with Crippen molar-refractivity contribution in [2.45, 2.75) is 38.4 Å². The van der Waals surface area contributed by atoms with Gasteiger partial charge in [0.2, 0.25) is 0 Å². The highest BCUT2D eigenvalue weighted by Crippen LogP contribution is 2.37. The highest BCUT2D eigenvalue weighted by atomic mass is 16.5. The Morgan fingerprint density at radius 1 is 1.22 bits per heavy atom. The maximum atomic E-state index is 10.2. The average molecular weight is 310 g/mol. The van der Waals surface area contributed by atoms with Crippen molar-refractivity contribution < 1.29 is 14.9 Å². The highest BCUT2D eigenvalue weighted by molar-refractivity contribution is 5.52. The molecule has 3 nitrogen and oxygen atoms in total. The van der Waals surface area contributed by atoms with Gasteiger partial charge in [-0.3, -0.25) is 0 Å². The molecule has 1 aliphatic heterocycles. The van der Waals surface area contributed by atoms with Crippen molar-refractivity contribution in [3.63, 3.8) is 0 Å². The fourth-order valence-electron chi connectivity index (χ4n) is 2.77. The van der Waals surface area contributed by atoms with Crippen LogP contribution in [-0.2, 0) is 12.8 Å². The van der Waals surface area contributed by atoms with Crippen LogP contribution in [-0.4, -0.2) is 21.9 Å². The standard InChI is InChI=1S/C20H22O3/c1-20(2,22)19-12-16-11-15(17(21)13-18(16)23-19)10-6-9-14-7-4-3-5-8-14/h3-9,11,13,19,21-22H,10,12H2,1-2H3. The Bertz CT molecular complexity index is 712. The number of fused-ring (bicyclic) bond motifs is 1. The Balaban J connectivity index is 1.75. The molecule has 0 radical (unpaired) electrons. The molecule has 3 rings (SSSR count). The summed E-state index contributed by atoms with van der Waals surface area (Å²) in [5.74, 6) is 0.906. The molecule has 3 heteroatoms. The van der Waals surface area contributed by atoms with E-state index in [2.05, 4.69) is 0 Å². The molecule has 0 amide bonds. The maximum absolute atomic E-state index is 10.2. The van der Waals surface area contributed by atoms with Crippen LogP contribution in [0.1, 0.15) is 30.5 Å². The van der Waals surface area contributed by atoms with Crippen LogP contribution in [0.3, 0.4) is 0 Å². The second kappa shape index (κ2) is 6.09. The summed E-state index contributed by atoms with van der Waals surface area (Å²) in [4.78, 5) is 0. The van der Waals surface area contributed by atoms with Crippen LogP contribution in [0.5, 0.6) is 11.5 Å². The molecular formula is C20H22O3. The molecule has 2 aromatic carbocycles. The van der Waals surface area contributed by atoms with E-state index in [1.807, 2.05) is 48.6 Å². The van der Waals surface area contributed by atoms with Crippen LogP contribution in [0, 0.1) is 0 Å². The molecule has 0 aliphatic carbocycles. The lowest BCUT2D eigenvalue weighted by molar-refractivity contribution is -0.0230. The number of benzene rings is 2. The van der Waals surface area contributed by atoms with E-state index in [-0.39, 0.29) is 11.9 Å². The Labute approximate surface area is 136 Å². The van der Waals surface area contributed by atoms with Gasteiger partial charge in [-0.2, -0.15) is 0 Å². The summed E-state index contributed by atoms with van der Waals surface area (Å²) in [6, 6.07) is 13.7. The number of hydrogen-bond acceptors (Lipinski definition) is 3. The van der Waals surface area contributed by atoms with Crippen LogP contribution >= 0.6 is 0 Å². The number of rotatable bonds is 4. The lowest BCUT2D eigenvalue weighted by Crippen LogP contribution is -2.39. The molecule has 1 heterocycles. The minimum absolute atomic E-state index is 0.234. The van der Waals surface area contributed by atoms with Crippen LogP contribution in [0.2, 0.25) is 0 Å². The Morgan fingerprint density at radius 2 is 1.96 bits per heavy atom. The summed E-state index contributed by atoms with van der Waals surface area (Å²) in [7, 11) is 0. The number of hydrogen-bond donors (Lipinski definition) is 2. The van der Waals surface area contributed by atoms with Gasteiger partial charge in [-0.1, -0.05) is 42.5 Å². The van der Waals surface area contributed by atoms with E-state index in [0.717, 1.165) is 16.7 Å². The Hall–Kier alpha value is -2.26. The van der Waals surface area contributed by atoms with Gasteiger partial charge in [-0.15, -0.1) is 0 Å². The zero-order valence-corrected chi connectivity index (χ0v) is 13.5. The van der Waals surface area contributed by atoms with Crippen molar-refractivity contribution in [1.82, 2.24) is 0 Å². The zero-order chi connectivity index (χ0) is 16.4. The van der Waals surface area contributed by atoms with Crippen LogP contribution in [0.15, 0.2) is 48.5 Å². The van der Waals surface area contributed by atoms with Crippen LogP contribution in [0.25, 0.3) is 6.08 Å². The van der Waals surface area contributed by atoms with Gasteiger partial charge >= 0.3 is 0 Å². The molecule has 1 atom stereocenters. The van der Waals surface area contributed by atoms with Gasteiger partial charge in [0.15, 0.2) is 0 Å². The first-order valence-corrected chi connectivity index (χ1v) is 7.89. The van der Waals surface area contributed by atoms with Crippen molar-refractivity contribution in [2.75, 3.05) is 0 Å². The SMILES string of the molecule is CC(C)(O)C1Cc2cc(CC=Cc3ccccc3)c(O)cc2O1. The predicted octanol–water partition coefficient (Wildman–Crippen LogP) is 3.72. The minimum Gasteiger partial charge on any atom is -0.508 e. The topological polar surface area (TPSA) is 49.7 Å². The lowest BCUT2D eigenvalue weighted by Gasteiger charge is -2.24. The van der Waals surface area contributed by atoms with Gasteiger partial charge in [0, 0.05) is 12.5 Å². The summed E-state index contributed by atoms with van der Waals surface area (Å²) in [6.45, 7) is 3.49. The second-order valence-electron chi connectivity index (χ2n) is 6.57. The van der Waals surface area contributed by atoms with Crippen molar-refractivity contribution in [2.24, 2.45) is 0 Å². The number of aromatic hydroxyl groups is 1. The van der Waals surface area contributed by atoms with Crippen molar-refractivity contribution in [3.05, 3.63) is 65.2 Å². The number of allylic oxidation sites excluding steroid dienone is 1. The quantitative estimate of drug-likeness (QED) is 0.905. The summed E-state index contributed by atoms with van der Waals surface area (Å²) in [6.07, 6.45) is 5.13. The number of phenolic OH excluding ortho intramolecular Hbond substituents is 1. The lowest BCUT2D eigenvalue weighted by atomic mass is 9.96. The second-order valence-corrected chi connectivity index (χ2v) is 6.57. The third-order valence-electron chi connectivity index (χ3n) is 4.17. The van der Waals surface area contributed by atoms with E-state index in [0.29, 0.717) is 18.6 Å². The van der Waals surface area contributed by atoms with E-state index < -0.39 is 5.60 Å². The summed E-state index contributed by atoms with van der Waals surface area (Å²) in [5, 5.41) is 20.3. The minimum atomic E-state index is -0.901. The van der Waals surface area contributed by atoms with E-state index in [9.17, 15) is 10.2 Å². The molecule has 0 fully saturated rings. The zero-order valence-electron chi connectivity index (χ0n) is 13.5. The molecule has 0 saturated heterocycles. The van der Waals surface area contributed by atoms with E-state index in [4.69, 9.17) is 4.74 Å². The molecule has 1 aliphatic rings. The molecule has 2 aromatic rings. The summed E-state index contributed by atoms with van der Waals surface area (Å²) in [5.41, 5.74) is 2.15. The Kier molecular flexibility index (Phi) is 4.14. The first kappa shape index (κ1) is 15.6. The number of phenols is 1. The molecular weight excluding hydrogens is 288 g/mol. The monoisotopic (exact) mass is 310 g/mol. The fraction of sp³-hybridized carbons (Fsp3) is 0.300. The molecule has 23 heavy (non-hydrogen) atoms. The highest BCUT2D eigenvalue weighted by Gasteiger charge is 2.35. The smallest absolute Gasteiger partial charge is 0.131 e. The maximum Gasteiger partial charge on any atom is 0.131 e. The first-order chi connectivity index (χ1) is 10.9. The predicted molar refractivity (Wildman–Crippen MR) is 91.7 cm³/mol. The van der Waals surface area contributed by atoms with Gasteiger partial charge in [0.05, 0.1) is 5.60 Å². The van der Waals surface area contributed by atoms with Crippen molar-refractivity contribution in [3.8, 4) is 11.5 Å². The number of ether oxygens (including phenoxy) is 1. The molecule has 2 N–H and O–H groups in total. The third kappa shape index (κ3) is 3.57. The number of aliphatic hydroxyl groups is 1. The van der Waals surface area contributed by atoms with E-state index in [1.54, 1.807) is 19.9 Å². The molecule has 0 spiro atoms. The van der Waals surface area contributed by atoms with Crippen LogP contribution < -0.4 is 4.74 Å². The Morgan fingerprint density at radius 3 is 2.65 bits per heavy atom. The van der Waals surface area contributed by atoms with Gasteiger partial charge in [0.25, 0.3) is 0 Å². The molecule has 0 aromatic heterocycles. The molecule has 0 saturated carbocycles. The summed E-state index contributed by atoms with van der Waals surface area (Å²) >= 11 is 0. The van der Waals surface area contributed by atoms with Crippen molar-refractivity contribution >= 4 is 6.08 Å². The average Bonchev–Trinajstić information content (AvgIpc) is 2.91. The fourth-order valence-corrected chi connectivity index (χ4v) is 2.77. The van der Waals surface area contributed by atoms with E-state index in [1.165, 1.54) is 0 Å². The summed E-state index contributed by atoms with van der Waals surface area (Å²) < 4.78 is 5.75. The molecule has 120 valence electrons. The molecule has 1 unspecified atom stereocenters. The van der Waals surface area contributed by atoms with Gasteiger partial charge in [0.1, 0.15) is 17.6 Å². The van der Waals surface area contributed by atoms with Crippen LogP contribution in [0.4, 0.5) is 0 Å².